The van der Waals surface area contributed by atoms with Crippen molar-refractivity contribution >= 4 is 23.6 Å². The highest BCUT2D eigenvalue weighted by Crippen LogP contribution is 2.63. The number of hydrogen-bond acceptors (Lipinski definition) is 3. The number of likely N-dealkylation sites (tertiary alicyclic amines) is 1. The summed E-state index contributed by atoms with van der Waals surface area (Å²) in [6.07, 6.45) is 11.8. The van der Waals surface area contributed by atoms with Crippen LogP contribution in [0.3, 0.4) is 0 Å². The minimum Gasteiger partial charge on any atom is -0.281 e. The lowest BCUT2D eigenvalue weighted by Gasteiger charge is -2.48. The topological polar surface area (TPSA) is 37.4 Å². The Hall–Kier alpha value is -1.29. The van der Waals surface area contributed by atoms with Gasteiger partial charge in [0.2, 0.25) is 11.8 Å². The van der Waals surface area contributed by atoms with Gasteiger partial charge in [-0.15, -0.1) is 11.8 Å². The summed E-state index contributed by atoms with van der Waals surface area (Å²) in [5.74, 6) is 1.80. The van der Waals surface area contributed by atoms with Crippen LogP contribution in [0.4, 0.5) is 0 Å². The van der Waals surface area contributed by atoms with Crippen LogP contribution in [0.1, 0.15) is 82.6 Å². The first-order valence-electron chi connectivity index (χ1n) is 11.7. The van der Waals surface area contributed by atoms with E-state index in [1.807, 2.05) is 6.07 Å². The summed E-state index contributed by atoms with van der Waals surface area (Å²) in [7, 11) is 0. The molecule has 3 atom stereocenters. The number of imide groups is 1. The normalized spacial score (nSPS) is 29.8. The van der Waals surface area contributed by atoms with Crippen molar-refractivity contribution in [2.24, 2.45) is 11.8 Å². The van der Waals surface area contributed by atoms with E-state index in [1.54, 1.807) is 16.7 Å². The first-order valence-corrected chi connectivity index (χ1v) is 12.7. The summed E-state index contributed by atoms with van der Waals surface area (Å²) in [4.78, 5) is 28.7. The molecular weight excluding hydrogens is 378 g/mol. The summed E-state index contributed by atoms with van der Waals surface area (Å²) in [6.45, 7) is 2.88. The van der Waals surface area contributed by atoms with Crippen molar-refractivity contribution in [2.75, 3.05) is 12.3 Å². The maximum atomic E-state index is 13.8. The molecule has 1 saturated heterocycles. The molecule has 0 bridgehead atoms. The number of thioether (sulfide) groups is 1. The van der Waals surface area contributed by atoms with E-state index < -0.39 is 4.75 Å². The maximum Gasteiger partial charge on any atom is 0.246 e. The Morgan fingerprint density at radius 1 is 1.00 bits per heavy atom. The first kappa shape index (κ1) is 21.0. The van der Waals surface area contributed by atoms with Crippen LogP contribution >= 0.6 is 11.8 Å². The molecule has 1 aromatic carbocycles. The second-order valence-corrected chi connectivity index (χ2v) is 10.6. The Labute approximate surface area is 180 Å². The molecule has 2 amide bonds. The molecule has 0 radical (unpaired) electrons. The number of carbonyl (C=O) groups is 2. The number of benzene rings is 1. The second-order valence-electron chi connectivity index (χ2n) is 9.21. The SMILES string of the molecule is CCCCCCS[C@]12C(=O)N(CC3CCCCC3)C(=O)[C@H]1C[C@@H]2c1ccccc1. The van der Waals surface area contributed by atoms with E-state index in [2.05, 4.69) is 31.2 Å². The largest absolute Gasteiger partial charge is 0.281 e. The van der Waals surface area contributed by atoms with Crippen LogP contribution in [0.15, 0.2) is 30.3 Å². The lowest BCUT2D eigenvalue weighted by Crippen LogP contribution is -2.54. The van der Waals surface area contributed by atoms with Crippen molar-refractivity contribution in [3.63, 3.8) is 0 Å². The zero-order chi connectivity index (χ0) is 20.3. The van der Waals surface area contributed by atoms with Crippen LogP contribution in [-0.2, 0) is 9.59 Å². The highest BCUT2D eigenvalue weighted by atomic mass is 32.2. The van der Waals surface area contributed by atoms with Crippen molar-refractivity contribution < 1.29 is 9.59 Å². The molecule has 2 aliphatic carbocycles. The molecule has 1 aromatic rings. The van der Waals surface area contributed by atoms with Crippen molar-refractivity contribution in [2.45, 2.75) is 81.8 Å². The average molecular weight is 414 g/mol. The number of fused-ring (bicyclic) bond motifs is 1. The third kappa shape index (κ3) is 3.89. The van der Waals surface area contributed by atoms with Gasteiger partial charge in [-0.3, -0.25) is 14.5 Å². The second kappa shape index (κ2) is 9.24. The van der Waals surface area contributed by atoms with Crippen LogP contribution in [0.2, 0.25) is 0 Å². The maximum absolute atomic E-state index is 13.8. The molecule has 3 nitrogen and oxygen atoms in total. The zero-order valence-electron chi connectivity index (χ0n) is 17.8. The van der Waals surface area contributed by atoms with Crippen LogP contribution in [0.25, 0.3) is 0 Å². The smallest absolute Gasteiger partial charge is 0.246 e. The van der Waals surface area contributed by atoms with E-state index in [1.165, 1.54) is 56.9 Å². The fraction of sp³-hybridized carbons (Fsp3) is 0.680. The van der Waals surface area contributed by atoms with E-state index in [9.17, 15) is 9.59 Å². The van der Waals surface area contributed by atoms with E-state index in [0.29, 0.717) is 12.5 Å². The Bertz CT molecular complexity index is 715. The number of carbonyl (C=O) groups excluding carboxylic acids is 2. The van der Waals surface area contributed by atoms with E-state index in [4.69, 9.17) is 0 Å². The van der Waals surface area contributed by atoms with Crippen molar-refractivity contribution in [3.05, 3.63) is 35.9 Å². The molecule has 29 heavy (non-hydrogen) atoms. The summed E-state index contributed by atoms with van der Waals surface area (Å²) in [5.41, 5.74) is 1.23. The molecule has 4 heteroatoms. The van der Waals surface area contributed by atoms with Crippen molar-refractivity contribution in [1.82, 2.24) is 4.90 Å². The number of unbranched alkanes of at least 4 members (excludes halogenated alkanes) is 3. The molecular formula is C25H35NO2S. The molecule has 1 aliphatic heterocycles. The van der Waals surface area contributed by atoms with E-state index >= 15 is 0 Å². The van der Waals surface area contributed by atoms with Gasteiger partial charge in [0, 0.05) is 12.5 Å². The van der Waals surface area contributed by atoms with Gasteiger partial charge < -0.3 is 0 Å². The molecule has 0 spiro atoms. The summed E-state index contributed by atoms with van der Waals surface area (Å²) in [5, 5.41) is 0. The van der Waals surface area contributed by atoms with Gasteiger partial charge in [-0.25, -0.2) is 0 Å². The highest BCUT2D eigenvalue weighted by Gasteiger charge is 2.70. The summed E-state index contributed by atoms with van der Waals surface area (Å²) >= 11 is 1.80. The predicted octanol–water partition coefficient (Wildman–Crippen LogP) is 5.79. The van der Waals surface area contributed by atoms with Gasteiger partial charge in [0.25, 0.3) is 0 Å². The average Bonchev–Trinajstić information content (AvgIpc) is 2.88. The van der Waals surface area contributed by atoms with E-state index in [0.717, 1.165) is 18.6 Å². The number of rotatable bonds is 9. The van der Waals surface area contributed by atoms with Gasteiger partial charge in [-0.2, -0.15) is 0 Å². The standard InChI is InChI=1S/C25H35NO2S/c1-2-3-4-11-16-29-25-21(20-14-9-6-10-15-20)17-22(25)23(27)26(24(25)28)18-19-12-7-5-8-13-19/h6,9-10,14-15,19,21-22H,2-5,7-8,11-13,16-18H2,1H3/t21-,22-,25+/m1/s1. The Morgan fingerprint density at radius 2 is 1.76 bits per heavy atom. The number of nitrogens with zero attached hydrogens (tertiary/aromatic N) is 1. The van der Waals surface area contributed by atoms with Gasteiger partial charge in [0.15, 0.2) is 0 Å². The molecule has 1 heterocycles. The van der Waals surface area contributed by atoms with Gasteiger partial charge in [-0.05, 0) is 42.9 Å². The fourth-order valence-corrected chi connectivity index (χ4v) is 7.40. The van der Waals surface area contributed by atoms with Crippen LogP contribution in [0.5, 0.6) is 0 Å². The molecule has 3 fully saturated rings. The first-order chi connectivity index (χ1) is 14.2. The van der Waals surface area contributed by atoms with E-state index in [-0.39, 0.29) is 23.7 Å². The summed E-state index contributed by atoms with van der Waals surface area (Å²) in [6, 6.07) is 10.4. The fourth-order valence-electron chi connectivity index (χ4n) is 5.65. The Kier molecular flexibility index (Phi) is 6.68. The molecule has 0 unspecified atom stereocenters. The van der Waals surface area contributed by atoms with Gasteiger partial charge in [-0.1, -0.05) is 75.8 Å². The third-order valence-electron chi connectivity index (χ3n) is 7.36. The number of hydrogen-bond donors (Lipinski definition) is 0. The van der Waals surface area contributed by atoms with Crippen molar-refractivity contribution in [1.29, 1.82) is 0 Å². The lowest BCUT2D eigenvalue weighted by molar-refractivity contribution is -0.140. The lowest BCUT2D eigenvalue weighted by atomic mass is 9.62. The van der Waals surface area contributed by atoms with Crippen LogP contribution < -0.4 is 0 Å². The highest BCUT2D eigenvalue weighted by molar-refractivity contribution is 8.01. The Balaban J connectivity index is 1.53. The quantitative estimate of drug-likeness (QED) is 0.380. The zero-order valence-corrected chi connectivity index (χ0v) is 18.6. The summed E-state index contributed by atoms with van der Waals surface area (Å²) < 4.78 is -0.542. The molecule has 4 rings (SSSR count). The minimum atomic E-state index is -0.542. The van der Waals surface area contributed by atoms with Crippen LogP contribution in [-0.4, -0.2) is 33.8 Å². The molecule has 158 valence electrons. The van der Waals surface area contributed by atoms with Crippen molar-refractivity contribution in [3.8, 4) is 0 Å². The van der Waals surface area contributed by atoms with Gasteiger partial charge in [0.05, 0.1) is 5.92 Å². The van der Waals surface area contributed by atoms with Gasteiger partial charge in [0.1, 0.15) is 4.75 Å². The predicted molar refractivity (Wildman–Crippen MR) is 120 cm³/mol. The molecule has 2 saturated carbocycles. The molecule has 0 N–H and O–H groups in total. The van der Waals surface area contributed by atoms with Crippen LogP contribution in [0, 0.1) is 11.8 Å². The third-order valence-corrected chi connectivity index (χ3v) is 9.07. The van der Waals surface area contributed by atoms with Gasteiger partial charge >= 0.3 is 0 Å². The monoisotopic (exact) mass is 413 g/mol. The minimum absolute atomic E-state index is 0.111. The molecule has 3 aliphatic rings. The Morgan fingerprint density at radius 3 is 2.48 bits per heavy atom. The number of amides is 2. The molecule has 0 aromatic heterocycles.